The third-order valence-electron chi connectivity index (χ3n) is 4.87. The van der Waals surface area contributed by atoms with Crippen molar-refractivity contribution in [2.45, 2.75) is 38.4 Å². The maximum atomic E-state index is 13.0. The number of piperidine rings is 1. The molecule has 0 aliphatic carbocycles. The van der Waals surface area contributed by atoms with Crippen LogP contribution in [0.4, 0.5) is 18.9 Å². The van der Waals surface area contributed by atoms with E-state index in [2.05, 4.69) is 0 Å². The summed E-state index contributed by atoms with van der Waals surface area (Å²) in [6, 6.07) is 10.6. The van der Waals surface area contributed by atoms with E-state index in [0.29, 0.717) is 24.4 Å². The molecule has 1 saturated heterocycles. The van der Waals surface area contributed by atoms with E-state index in [-0.39, 0.29) is 17.0 Å². The highest BCUT2D eigenvalue weighted by Gasteiger charge is 2.32. The number of esters is 1. The van der Waals surface area contributed by atoms with Crippen LogP contribution in [0.15, 0.2) is 42.5 Å². The molecule has 2 aromatic rings. The number of nitrogens with zero attached hydrogens (tertiary/aromatic N) is 1. The first-order valence-electron chi connectivity index (χ1n) is 9.21. The van der Waals surface area contributed by atoms with Crippen molar-refractivity contribution in [3.8, 4) is 0 Å². The van der Waals surface area contributed by atoms with Crippen molar-refractivity contribution in [2.75, 3.05) is 18.1 Å². The Morgan fingerprint density at radius 2 is 2.00 bits per heavy atom. The number of hydrogen-bond acceptors (Lipinski definition) is 3. The lowest BCUT2D eigenvalue weighted by Crippen LogP contribution is -2.33. The zero-order chi connectivity index (χ0) is 20.3. The van der Waals surface area contributed by atoms with Gasteiger partial charge < -0.3 is 9.64 Å². The molecule has 2 aromatic carbocycles. The fourth-order valence-corrected chi connectivity index (χ4v) is 3.86. The number of hydrogen-bond donors (Lipinski definition) is 0. The Morgan fingerprint density at radius 1 is 1.21 bits per heavy atom. The highest BCUT2D eigenvalue weighted by Crippen LogP contribution is 2.41. The van der Waals surface area contributed by atoms with Crippen molar-refractivity contribution in [1.29, 1.82) is 0 Å². The summed E-state index contributed by atoms with van der Waals surface area (Å²) in [7, 11) is 0. The molecule has 3 rings (SSSR count). The highest BCUT2D eigenvalue weighted by molar-refractivity contribution is 6.33. The number of benzene rings is 2. The fraction of sp³-hybridized carbons (Fsp3) is 0.381. The number of ether oxygens (including phenoxy) is 1. The Bertz CT molecular complexity index is 854. The van der Waals surface area contributed by atoms with Crippen LogP contribution < -0.4 is 4.90 Å². The van der Waals surface area contributed by atoms with E-state index >= 15 is 0 Å². The molecule has 0 saturated carbocycles. The van der Waals surface area contributed by atoms with E-state index in [1.165, 1.54) is 6.07 Å². The van der Waals surface area contributed by atoms with Crippen LogP contribution in [-0.4, -0.2) is 19.1 Å². The molecule has 150 valence electrons. The van der Waals surface area contributed by atoms with E-state index in [4.69, 9.17) is 16.3 Å². The average molecular weight is 412 g/mol. The Labute approximate surface area is 167 Å². The number of carbonyl (C=O) groups excluding carboxylic acids is 1. The summed E-state index contributed by atoms with van der Waals surface area (Å²) in [4.78, 5) is 14.1. The minimum atomic E-state index is -4.43. The summed E-state index contributed by atoms with van der Waals surface area (Å²) in [5.74, 6) is -0.390. The molecule has 3 nitrogen and oxygen atoms in total. The predicted octanol–water partition coefficient (Wildman–Crippen LogP) is 6.27. The molecule has 1 aliphatic rings. The van der Waals surface area contributed by atoms with Gasteiger partial charge in [-0.05, 0) is 62.1 Å². The number of rotatable bonds is 4. The van der Waals surface area contributed by atoms with Gasteiger partial charge in [0.25, 0.3) is 0 Å². The highest BCUT2D eigenvalue weighted by atomic mass is 35.5. The van der Waals surface area contributed by atoms with E-state index in [1.54, 1.807) is 25.1 Å². The lowest BCUT2D eigenvalue weighted by Gasteiger charge is -2.38. The maximum Gasteiger partial charge on any atom is 0.416 e. The van der Waals surface area contributed by atoms with E-state index in [9.17, 15) is 18.0 Å². The third kappa shape index (κ3) is 4.43. The maximum absolute atomic E-state index is 13.0. The number of anilines is 1. The van der Waals surface area contributed by atoms with Crippen molar-refractivity contribution >= 4 is 23.3 Å². The quantitative estimate of drug-likeness (QED) is 0.555. The molecule has 1 heterocycles. The van der Waals surface area contributed by atoms with Crippen molar-refractivity contribution in [1.82, 2.24) is 0 Å². The van der Waals surface area contributed by atoms with Crippen LogP contribution in [0.5, 0.6) is 0 Å². The second kappa shape index (κ2) is 8.43. The van der Waals surface area contributed by atoms with Crippen molar-refractivity contribution in [3.63, 3.8) is 0 Å². The first kappa shape index (κ1) is 20.5. The Hall–Kier alpha value is -2.21. The van der Waals surface area contributed by atoms with Gasteiger partial charge in [-0.1, -0.05) is 23.7 Å². The van der Waals surface area contributed by atoms with Crippen LogP contribution in [0.2, 0.25) is 5.02 Å². The van der Waals surface area contributed by atoms with Gasteiger partial charge in [-0.3, -0.25) is 0 Å². The van der Waals surface area contributed by atoms with Gasteiger partial charge in [0.1, 0.15) is 0 Å². The molecular weight excluding hydrogens is 391 g/mol. The number of alkyl halides is 3. The second-order valence-corrected chi connectivity index (χ2v) is 7.12. The molecule has 0 spiro atoms. The molecule has 0 N–H and O–H groups in total. The van der Waals surface area contributed by atoms with E-state index in [1.807, 2.05) is 11.0 Å². The lowest BCUT2D eigenvalue weighted by atomic mass is 9.93. The third-order valence-corrected chi connectivity index (χ3v) is 5.17. The number of halogens is 4. The van der Waals surface area contributed by atoms with Gasteiger partial charge in [-0.25, -0.2) is 4.79 Å². The van der Waals surface area contributed by atoms with Crippen LogP contribution in [-0.2, 0) is 10.9 Å². The molecule has 0 amide bonds. The SMILES string of the molecule is CCOC(=O)c1cccc(C2CCCCN2c2ccc(C(F)(F)F)cc2Cl)c1. The summed E-state index contributed by atoms with van der Waals surface area (Å²) in [6.07, 6.45) is -1.70. The Balaban J connectivity index is 1.94. The standard InChI is InChI=1S/C21H21ClF3NO2/c1-2-28-20(27)15-7-5-6-14(12-15)18-8-3-4-11-26(18)19-10-9-16(13-17(19)22)21(23,24)25/h5-7,9-10,12-13,18H,2-4,8,11H2,1H3. The van der Waals surface area contributed by atoms with Gasteiger partial charge in [0.2, 0.25) is 0 Å². The summed E-state index contributed by atoms with van der Waals surface area (Å²) < 4.78 is 43.9. The molecule has 28 heavy (non-hydrogen) atoms. The van der Waals surface area contributed by atoms with Gasteiger partial charge >= 0.3 is 12.1 Å². The molecular formula is C21H21ClF3NO2. The fourth-order valence-electron chi connectivity index (χ4n) is 3.57. The molecule has 0 bridgehead atoms. The second-order valence-electron chi connectivity index (χ2n) is 6.71. The normalized spacial score (nSPS) is 17.5. The van der Waals surface area contributed by atoms with Gasteiger partial charge in [0.15, 0.2) is 0 Å². The van der Waals surface area contributed by atoms with E-state index in [0.717, 1.165) is 37.0 Å². The van der Waals surface area contributed by atoms with Gasteiger partial charge in [0, 0.05) is 6.54 Å². The lowest BCUT2D eigenvalue weighted by molar-refractivity contribution is -0.137. The minimum Gasteiger partial charge on any atom is -0.462 e. The molecule has 7 heteroatoms. The van der Waals surface area contributed by atoms with Crippen LogP contribution >= 0.6 is 11.6 Å². The van der Waals surface area contributed by atoms with Crippen LogP contribution in [0.1, 0.15) is 53.7 Å². The molecule has 1 unspecified atom stereocenters. The molecule has 1 aliphatic heterocycles. The van der Waals surface area contributed by atoms with Crippen LogP contribution in [0, 0.1) is 0 Å². The van der Waals surface area contributed by atoms with Gasteiger partial charge in [-0.15, -0.1) is 0 Å². The first-order chi connectivity index (χ1) is 13.3. The summed E-state index contributed by atoms with van der Waals surface area (Å²) in [6.45, 7) is 2.72. The first-order valence-corrected chi connectivity index (χ1v) is 9.59. The minimum absolute atomic E-state index is 0.0719. The predicted molar refractivity (Wildman–Crippen MR) is 103 cm³/mol. The van der Waals surface area contributed by atoms with Crippen molar-refractivity contribution < 1.29 is 22.7 Å². The Morgan fingerprint density at radius 3 is 2.68 bits per heavy atom. The summed E-state index contributed by atoms with van der Waals surface area (Å²) in [5, 5.41) is 0.0725. The molecule has 1 fully saturated rings. The number of carbonyl (C=O) groups is 1. The zero-order valence-corrected chi connectivity index (χ0v) is 16.2. The zero-order valence-electron chi connectivity index (χ0n) is 15.4. The van der Waals surface area contributed by atoms with Gasteiger partial charge in [0.05, 0.1) is 34.5 Å². The smallest absolute Gasteiger partial charge is 0.416 e. The molecule has 0 radical (unpaired) electrons. The summed E-state index contributed by atoms with van der Waals surface area (Å²) in [5.41, 5.74) is 1.18. The monoisotopic (exact) mass is 411 g/mol. The van der Waals surface area contributed by atoms with Crippen LogP contribution in [0.3, 0.4) is 0 Å². The summed E-state index contributed by atoms with van der Waals surface area (Å²) >= 11 is 6.23. The van der Waals surface area contributed by atoms with Crippen molar-refractivity contribution in [2.24, 2.45) is 0 Å². The van der Waals surface area contributed by atoms with Crippen LogP contribution in [0.25, 0.3) is 0 Å². The van der Waals surface area contributed by atoms with Gasteiger partial charge in [-0.2, -0.15) is 13.2 Å². The largest absolute Gasteiger partial charge is 0.462 e. The van der Waals surface area contributed by atoms with E-state index < -0.39 is 11.7 Å². The topological polar surface area (TPSA) is 29.5 Å². The van der Waals surface area contributed by atoms with Crippen molar-refractivity contribution in [3.05, 3.63) is 64.2 Å². The average Bonchev–Trinajstić information content (AvgIpc) is 2.67. The molecule has 0 aromatic heterocycles. The Kier molecular flexibility index (Phi) is 6.18. The molecule has 1 atom stereocenters.